The summed E-state index contributed by atoms with van der Waals surface area (Å²) in [5.74, 6) is 0.973. The summed E-state index contributed by atoms with van der Waals surface area (Å²) in [5.41, 5.74) is 2.98. The lowest BCUT2D eigenvalue weighted by Crippen LogP contribution is -2.40. The minimum Gasteiger partial charge on any atom is -0.307 e. The van der Waals surface area contributed by atoms with Gasteiger partial charge in [-0.1, -0.05) is 37.6 Å². The molecule has 3 rings (SSSR count). The maximum Gasteiger partial charge on any atom is 0.0322 e. The molecule has 1 nitrogen and oxygen atoms in total. The molecule has 1 saturated carbocycles. The number of hydrogen-bond donors (Lipinski definition) is 1. The van der Waals surface area contributed by atoms with Crippen molar-refractivity contribution in [2.45, 2.75) is 57.5 Å². The van der Waals surface area contributed by atoms with Crippen LogP contribution in [-0.2, 0) is 6.42 Å². The van der Waals surface area contributed by atoms with Gasteiger partial charge < -0.3 is 5.32 Å². The second-order valence-electron chi connectivity index (χ2n) is 5.69. The lowest BCUT2D eigenvalue weighted by atomic mass is 9.86. The summed E-state index contributed by atoms with van der Waals surface area (Å²) in [7, 11) is 0. The summed E-state index contributed by atoms with van der Waals surface area (Å²) < 4.78 is 0. The molecule has 1 saturated heterocycles. The molecule has 0 bridgehead atoms. The standard InChI is InChI=1S/C16H23N/c1-2-12-5-3-7-14(11-12)16-10-9-13-6-4-8-15(13)17-16/h3,5,7,11,13,15-17H,2,4,6,8-10H2,1H3. The number of piperidine rings is 1. The van der Waals surface area contributed by atoms with Crippen LogP contribution in [0.4, 0.5) is 0 Å². The van der Waals surface area contributed by atoms with E-state index in [0.717, 1.165) is 18.4 Å². The van der Waals surface area contributed by atoms with E-state index in [4.69, 9.17) is 0 Å². The first kappa shape index (κ1) is 11.3. The van der Waals surface area contributed by atoms with Crippen molar-refractivity contribution in [2.75, 3.05) is 0 Å². The summed E-state index contributed by atoms with van der Waals surface area (Å²) in [5, 5.41) is 3.88. The quantitative estimate of drug-likeness (QED) is 0.812. The fourth-order valence-electron chi connectivity index (χ4n) is 3.62. The lowest BCUT2D eigenvalue weighted by molar-refractivity contribution is 0.261. The highest BCUT2D eigenvalue weighted by atomic mass is 15.0. The third-order valence-corrected chi connectivity index (χ3v) is 4.66. The van der Waals surface area contributed by atoms with Crippen LogP contribution in [-0.4, -0.2) is 6.04 Å². The van der Waals surface area contributed by atoms with Crippen molar-refractivity contribution >= 4 is 0 Å². The molecule has 3 unspecified atom stereocenters. The van der Waals surface area contributed by atoms with E-state index >= 15 is 0 Å². The molecule has 0 spiro atoms. The summed E-state index contributed by atoms with van der Waals surface area (Å²) in [6.07, 6.45) is 8.19. The van der Waals surface area contributed by atoms with Crippen LogP contribution >= 0.6 is 0 Å². The molecule has 1 aromatic rings. The molecule has 0 radical (unpaired) electrons. The number of benzene rings is 1. The number of fused-ring (bicyclic) bond motifs is 1. The van der Waals surface area contributed by atoms with Crippen LogP contribution in [0.1, 0.15) is 56.2 Å². The Morgan fingerprint density at radius 2 is 2.12 bits per heavy atom. The van der Waals surface area contributed by atoms with E-state index in [1.807, 2.05) is 0 Å². The van der Waals surface area contributed by atoms with Gasteiger partial charge in [0, 0.05) is 12.1 Å². The zero-order valence-corrected chi connectivity index (χ0v) is 10.8. The van der Waals surface area contributed by atoms with Gasteiger partial charge in [-0.2, -0.15) is 0 Å². The average molecular weight is 229 g/mol. The van der Waals surface area contributed by atoms with Gasteiger partial charge in [-0.25, -0.2) is 0 Å². The van der Waals surface area contributed by atoms with E-state index in [2.05, 4.69) is 36.5 Å². The van der Waals surface area contributed by atoms with Gasteiger partial charge in [0.05, 0.1) is 0 Å². The maximum absolute atomic E-state index is 3.88. The zero-order chi connectivity index (χ0) is 11.7. The van der Waals surface area contributed by atoms with Crippen LogP contribution < -0.4 is 5.32 Å². The molecular formula is C16H23N. The van der Waals surface area contributed by atoms with Crippen LogP contribution in [0.5, 0.6) is 0 Å². The second-order valence-corrected chi connectivity index (χ2v) is 5.69. The van der Waals surface area contributed by atoms with Gasteiger partial charge >= 0.3 is 0 Å². The molecule has 92 valence electrons. The first-order chi connectivity index (χ1) is 8.36. The van der Waals surface area contributed by atoms with Gasteiger partial charge in [0.15, 0.2) is 0 Å². The summed E-state index contributed by atoms with van der Waals surface area (Å²) >= 11 is 0. The molecule has 1 aromatic carbocycles. The van der Waals surface area contributed by atoms with Gasteiger partial charge in [0.1, 0.15) is 0 Å². The zero-order valence-electron chi connectivity index (χ0n) is 10.8. The molecule has 1 heterocycles. The fraction of sp³-hybridized carbons (Fsp3) is 0.625. The van der Waals surface area contributed by atoms with Crippen molar-refractivity contribution in [1.82, 2.24) is 5.32 Å². The molecule has 1 N–H and O–H groups in total. The Kier molecular flexibility index (Phi) is 3.19. The highest BCUT2D eigenvalue weighted by Gasteiger charge is 2.33. The Morgan fingerprint density at radius 1 is 1.18 bits per heavy atom. The predicted octanol–water partition coefficient (Wildman–Crippen LogP) is 3.84. The molecule has 2 aliphatic rings. The molecule has 0 amide bonds. The van der Waals surface area contributed by atoms with E-state index in [9.17, 15) is 0 Å². The largest absolute Gasteiger partial charge is 0.307 e. The van der Waals surface area contributed by atoms with Gasteiger partial charge in [0.2, 0.25) is 0 Å². The highest BCUT2D eigenvalue weighted by molar-refractivity contribution is 5.26. The Bertz CT molecular complexity index is 385. The maximum atomic E-state index is 3.88. The molecule has 3 atom stereocenters. The Labute approximate surface area is 105 Å². The summed E-state index contributed by atoms with van der Waals surface area (Å²) in [6.45, 7) is 2.24. The van der Waals surface area contributed by atoms with Crippen molar-refractivity contribution in [3.8, 4) is 0 Å². The second kappa shape index (κ2) is 4.81. The van der Waals surface area contributed by atoms with Crippen molar-refractivity contribution in [2.24, 2.45) is 5.92 Å². The summed E-state index contributed by atoms with van der Waals surface area (Å²) in [6, 6.07) is 10.6. The van der Waals surface area contributed by atoms with Gasteiger partial charge in [-0.3, -0.25) is 0 Å². The van der Waals surface area contributed by atoms with Gasteiger partial charge in [0.25, 0.3) is 0 Å². The molecule has 1 aliphatic carbocycles. The fourth-order valence-corrected chi connectivity index (χ4v) is 3.62. The Hall–Kier alpha value is -0.820. The Morgan fingerprint density at radius 3 is 3.00 bits per heavy atom. The van der Waals surface area contributed by atoms with E-state index in [0.29, 0.717) is 6.04 Å². The van der Waals surface area contributed by atoms with Crippen LogP contribution in [0, 0.1) is 5.92 Å². The van der Waals surface area contributed by atoms with Crippen LogP contribution in [0.25, 0.3) is 0 Å². The van der Waals surface area contributed by atoms with E-state index in [1.54, 1.807) is 0 Å². The number of nitrogens with one attached hydrogen (secondary N) is 1. The minimum absolute atomic E-state index is 0.612. The van der Waals surface area contributed by atoms with Crippen molar-refractivity contribution in [3.63, 3.8) is 0 Å². The number of aryl methyl sites for hydroxylation is 1. The van der Waals surface area contributed by atoms with Crippen molar-refractivity contribution in [3.05, 3.63) is 35.4 Å². The first-order valence-corrected chi connectivity index (χ1v) is 7.21. The molecular weight excluding hydrogens is 206 g/mol. The predicted molar refractivity (Wildman–Crippen MR) is 72.1 cm³/mol. The average Bonchev–Trinajstić information content (AvgIpc) is 2.86. The number of hydrogen-bond acceptors (Lipinski definition) is 1. The Balaban J connectivity index is 1.75. The van der Waals surface area contributed by atoms with Gasteiger partial charge in [-0.15, -0.1) is 0 Å². The van der Waals surface area contributed by atoms with Gasteiger partial charge in [-0.05, 0) is 49.1 Å². The molecule has 2 fully saturated rings. The third kappa shape index (κ3) is 2.26. The molecule has 1 aliphatic heterocycles. The summed E-state index contributed by atoms with van der Waals surface area (Å²) in [4.78, 5) is 0. The molecule has 17 heavy (non-hydrogen) atoms. The van der Waals surface area contributed by atoms with Crippen LogP contribution in [0.2, 0.25) is 0 Å². The lowest BCUT2D eigenvalue weighted by Gasteiger charge is -2.34. The SMILES string of the molecule is CCc1cccc(C2CCC3CCCC3N2)c1. The van der Waals surface area contributed by atoms with E-state index in [1.165, 1.54) is 43.2 Å². The molecule has 0 aromatic heterocycles. The number of rotatable bonds is 2. The van der Waals surface area contributed by atoms with Crippen molar-refractivity contribution in [1.29, 1.82) is 0 Å². The van der Waals surface area contributed by atoms with E-state index < -0.39 is 0 Å². The molecule has 1 heteroatoms. The highest BCUT2D eigenvalue weighted by Crippen LogP contribution is 2.37. The normalized spacial score (nSPS) is 32.4. The minimum atomic E-state index is 0.612. The van der Waals surface area contributed by atoms with Crippen LogP contribution in [0.3, 0.4) is 0 Å². The first-order valence-electron chi connectivity index (χ1n) is 7.21. The van der Waals surface area contributed by atoms with Crippen LogP contribution in [0.15, 0.2) is 24.3 Å². The third-order valence-electron chi connectivity index (χ3n) is 4.66. The topological polar surface area (TPSA) is 12.0 Å². The van der Waals surface area contributed by atoms with Crippen molar-refractivity contribution < 1.29 is 0 Å². The smallest absolute Gasteiger partial charge is 0.0322 e. The monoisotopic (exact) mass is 229 g/mol. The van der Waals surface area contributed by atoms with E-state index in [-0.39, 0.29) is 0 Å².